The Morgan fingerprint density at radius 1 is 0.889 bits per heavy atom. The number of carbonyl (C=O) groups is 2. The molecule has 0 saturated heterocycles. The summed E-state index contributed by atoms with van der Waals surface area (Å²) in [6.45, 7) is 1.13. The molecule has 5 aromatic carbocycles. The number of carbonyl (C=O) groups excluding carboxylic acids is 2. The second-order valence-corrected chi connectivity index (χ2v) is 13.7. The predicted molar refractivity (Wildman–Crippen MR) is 208 cm³/mol. The Hall–Kier alpha value is -5.24. The molecule has 2 N–H and O–H groups in total. The van der Waals surface area contributed by atoms with Crippen LogP contribution in [0, 0.1) is 11.3 Å². The number of fused-ring (bicyclic) bond motifs is 2. The summed E-state index contributed by atoms with van der Waals surface area (Å²) in [7, 11) is 1.31. The van der Waals surface area contributed by atoms with Gasteiger partial charge in [-0.05, 0) is 93.9 Å². The Morgan fingerprint density at radius 3 is 2.26 bits per heavy atom. The number of esters is 1. The van der Waals surface area contributed by atoms with Gasteiger partial charge in [0.1, 0.15) is 25.0 Å². The Kier molecular flexibility index (Phi) is 12.3. The summed E-state index contributed by atoms with van der Waals surface area (Å²) < 4.78 is 23.5. The van der Waals surface area contributed by atoms with E-state index in [1.54, 1.807) is 24.3 Å². The van der Waals surface area contributed by atoms with E-state index in [-0.39, 0.29) is 30.8 Å². The minimum atomic E-state index is -0.864. The van der Waals surface area contributed by atoms with Crippen molar-refractivity contribution in [2.75, 3.05) is 13.7 Å². The van der Waals surface area contributed by atoms with E-state index in [2.05, 4.69) is 16.7 Å². The van der Waals surface area contributed by atoms with Gasteiger partial charge in [-0.2, -0.15) is 5.26 Å². The van der Waals surface area contributed by atoms with Gasteiger partial charge in [0.2, 0.25) is 5.91 Å². The number of ether oxygens (including phenoxy) is 4. The van der Waals surface area contributed by atoms with Gasteiger partial charge in [0.25, 0.3) is 0 Å². The topological polar surface area (TPSA) is 119 Å². The van der Waals surface area contributed by atoms with Crippen LogP contribution in [0.15, 0.2) is 103 Å². The molecule has 0 aromatic heterocycles. The maximum absolute atomic E-state index is 13.5. The van der Waals surface area contributed by atoms with E-state index in [1.807, 2.05) is 78.9 Å². The molecule has 0 bridgehead atoms. The number of hydrogen-bond donors (Lipinski definition) is 2. The molecular weight excluding hydrogens is 749 g/mol. The zero-order valence-electron chi connectivity index (χ0n) is 29.1. The normalized spacial score (nSPS) is 16.1. The van der Waals surface area contributed by atoms with E-state index in [9.17, 15) is 9.59 Å². The summed E-state index contributed by atoms with van der Waals surface area (Å²) in [5, 5.41) is 16.3. The van der Waals surface area contributed by atoms with Crippen LogP contribution in [-0.2, 0) is 40.3 Å². The molecule has 0 aliphatic carbocycles. The Labute approximate surface area is 329 Å². The Bertz CT molecular complexity index is 2170. The van der Waals surface area contributed by atoms with E-state index < -0.39 is 18.1 Å². The van der Waals surface area contributed by atoms with E-state index in [0.717, 1.165) is 38.9 Å². The smallest absolute Gasteiger partial charge is 0.328 e. The van der Waals surface area contributed by atoms with Crippen molar-refractivity contribution < 1.29 is 28.5 Å². The first-order chi connectivity index (χ1) is 25.8. The number of amides is 1. The zero-order chi connectivity index (χ0) is 36.9. The van der Waals surface area contributed by atoms with Crippen molar-refractivity contribution in [2.45, 2.75) is 44.2 Å². The van der Waals surface area contributed by atoms with Crippen LogP contribution in [0.3, 0.4) is 0 Å². The maximum Gasteiger partial charge on any atom is 0.328 e. The predicted octanol–water partition coefficient (Wildman–Crippen LogP) is 7.96. The monoisotopic (exact) mass is 783 g/mol. The third-order valence-electron chi connectivity index (χ3n) is 9.39. The van der Waals surface area contributed by atoms with Gasteiger partial charge >= 0.3 is 5.97 Å². The number of rotatable bonds is 10. The number of hydrogen-bond acceptors (Lipinski definition) is 8. The van der Waals surface area contributed by atoms with Gasteiger partial charge in [-0.15, -0.1) is 12.4 Å². The minimum absolute atomic E-state index is 0. The summed E-state index contributed by atoms with van der Waals surface area (Å²) in [5.74, 6) is 1.16. The molecule has 276 valence electrons. The summed E-state index contributed by atoms with van der Waals surface area (Å²) >= 11 is 12.1. The zero-order valence-corrected chi connectivity index (χ0v) is 31.5. The van der Waals surface area contributed by atoms with Gasteiger partial charge in [0.05, 0.1) is 34.8 Å². The van der Waals surface area contributed by atoms with E-state index in [1.165, 1.54) is 7.11 Å². The fraction of sp³-hybridized carbons (Fsp3) is 0.214. The lowest BCUT2D eigenvalue weighted by Gasteiger charge is -2.31. The van der Waals surface area contributed by atoms with Gasteiger partial charge in [-0.1, -0.05) is 77.8 Å². The number of halogens is 3. The Morgan fingerprint density at radius 2 is 1.57 bits per heavy atom. The molecule has 9 nitrogen and oxygen atoms in total. The minimum Gasteiger partial charge on any atom is -0.489 e. The number of benzene rings is 5. The second-order valence-electron chi connectivity index (χ2n) is 12.9. The molecule has 1 unspecified atom stereocenters. The molecule has 0 saturated carbocycles. The highest BCUT2D eigenvalue weighted by Gasteiger charge is 2.31. The van der Waals surface area contributed by atoms with Gasteiger partial charge in [0, 0.05) is 13.0 Å². The van der Waals surface area contributed by atoms with Crippen molar-refractivity contribution in [2.24, 2.45) is 0 Å². The highest BCUT2D eigenvalue weighted by atomic mass is 35.5. The fourth-order valence-electron chi connectivity index (χ4n) is 6.42. The first kappa shape index (κ1) is 38.5. The lowest BCUT2D eigenvalue weighted by atomic mass is 9.94. The average Bonchev–Trinajstić information content (AvgIpc) is 3.20. The fourth-order valence-corrected chi connectivity index (χ4v) is 6.74. The number of nitriles is 1. The molecule has 0 radical (unpaired) electrons. The highest BCUT2D eigenvalue weighted by molar-refractivity contribution is 6.42. The van der Waals surface area contributed by atoms with Crippen molar-refractivity contribution in [1.29, 1.82) is 5.26 Å². The van der Waals surface area contributed by atoms with E-state index >= 15 is 0 Å². The lowest BCUT2D eigenvalue weighted by molar-refractivity contribution is -0.145. The second kappa shape index (κ2) is 17.3. The van der Waals surface area contributed by atoms with Crippen molar-refractivity contribution >= 4 is 47.5 Å². The van der Waals surface area contributed by atoms with Crippen molar-refractivity contribution in [1.82, 2.24) is 10.6 Å². The van der Waals surface area contributed by atoms with Crippen molar-refractivity contribution in [3.8, 4) is 34.4 Å². The highest BCUT2D eigenvalue weighted by Crippen LogP contribution is 2.40. The standard InChI is InChI=1S/C42H35Cl2N3O6.ClH/c1-50-42(49)37(17-25-2-7-28(8-3-25)29-9-4-26(21-45)5-10-29)47-41(48)36-18-31-19-38-39(20-32(31)22-46-36)53-40(24-52-38)30-11-13-33(14-12-30)51-23-27-6-15-34(43)35(44)16-27;/h2-16,19-20,36-37,40,46H,17-18,22-24H2,1H3,(H,47,48);1H/t36-,37?,40-;/m0./s1. The van der Waals surface area contributed by atoms with Crippen LogP contribution in [0.2, 0.25) is 10.0 Å². The summed E-state index contributed by atoms with van der Waals surface area (Å²) in [6.07, 6.45) is 0.379. The lowest BCUT2D eigenvalue weighted by Crippen LogP contribution is -2.53. The number of methoxy groups -OCH3 is 1. The van der Waals surface area contributed by atoms with Crippen molar-refractivity contribution in [3.63, 3.8) is 0 Å². The molecule has 54 heavy (non-hydrogen) atoms. The van der Waals surface area contributed by atoms with Crippen LogP contribution in [0.25, 0.3) is 11.1 Å². The maximum atomic E-state index is 13.5. The third kappa shape index (κ3) is 8.92. The molecule has 0 spiro atoms. The van der Waals surface area contributed by atoms with E-state index in [4.69, 9.17) is 47.4 Å². The first-order valence-electron chi connectivity index (χ1n) is 17.1. The van der Waals surface area contributed by atoms with Gasteiger partial charge in [0.15, 0.2) is 17.6 Å². The average molecular weight is 785 g/mol. The molecular formula is C42H36Cl3N3O6. The SMILES string of the molecule is COC(=O)C(Cc1ccc(-c2ccc(C#N)cc2)cc1)NC(=O)[C@@H]1Cc2cc3c(cc2CN1)O[C@H](c1ccc(OCc2ccc(Cl)c(Cl)c2)cc1)CO3.Cl. The summed E-state index contributed by atoms with van der Waals surface area (Å²) in [6, 6.07) is 32.8. The number of nitrogens with one attached hydrogen (secondary N) is 2. The molecule has 5 aromatic rings. The number of nitrogens with zero attached hydrogens (tertiary/aromatic N) is 1. The van der Waals surface area contributed by atoms with Crippen molar-refractivity contribution in [3.05, 3.63) is 147 Å². The van der Waals surface area contributed by atoms with Crippen LogP contribution in [0.5, 0.6) is 17.2 Å². The summed E-state index contributed by atoms with van der Waals surface area (Å²) in [5.41, 5.74) is 7.27. The molecule has 2 aliphatic heterocycles. The van der Waals surface area contributed by atoms with Crippen LogP contribution < -0.4 is 24.8 Å². The molecule has 2 aliphatic rings. The Balaban J connectivity index is 0.00000497. The first-order valence-corrected chi connectivity index (χ1v) is 17.8. The molecule has 3 atom stereocenters. The quantitative estimate of drug-likeness (QED) is 0.137. The van der Waals surface area contributed by atoms with Crippen LogP contribution in [0.1, 0.15) is 39.5 Å². The molecule has 1 amide bonds. The molecule has 7 rings (SSSR count). The van der Waals surface area contributed by atoms with Crippen LogP contribution >= 0.6 is 35.6 Å². The van der Waals surface area contributed by atoms with Gasteiger partial charge < -0.3 is 29.6 Å². The molecule has 12 heteroatoms. The van der Waals surface area contributed by atoms with Crippen LogP contribution in [0.4, 0.5) is 0 Å². The van der Waals surface area contributed by atoms with Crippen LogP contribution in [-0.4, -0.2) is 37.7 Å². The molecule has 2 heterocycles. The van der Waals surface area contributed by atoms with Gasteiger partial charge in [-0.3, -0.25) is 4.79 Å². The molecule has 0 fully saturated rings. The largest absolute Gasteiger partial charge is 0.489 e. The van der Waals surface area contributed by atoms with E-state index in [0.29, 0.717) is 59.0 Å². The van der Waals surface area contributed by atoms with Gasteiger partial charge in [-0.25, -0.2) is 4.79 Å². The summed E-state index contributed by atoms with van der Waals surface area (Å²) in [4.78, 5) is 26.3. The third-order valence-corrected chi connectivity index (χ3v) is 10.1.